The van der Waals surface area contributed by atoms with E-state index in [1.54, 1.807) is 24.3 Å². The van der Waals surface area contributed by atoms with Gasteiger partial charge in [-0.15, -0.1) is 0 Å². The fourth-order valence-corrected chi connectivity index (χ4v) is 3.83. The Morgan fingerprint density at radius 3 is 2.44 bits per heavy atom. The number of benzene rings is 2. The highest BCUT2D eigenvalue weighted by Gasteiger charge is 2.23. The topological polar surface area (TPSA) is 84.9 Å². The number of rotatable bonds is 5. The van der Waals surface area contributed by atoms with E-state index >= 15 is 0 Å². The number of anilines is 2. The molecule has 2 aromatic carbocycles. The summed E-state index contributed by atoms with van der Waals surface area (Å²) in [5.41, 5.74) is 2.80. The molecule has 2 aromatic rings. The Kier molecular flexibility index (Phi) is 5.27. The maximum absolute atomic E-state index is 12.5. The second-order valence-electron chi connectivity index (χ2n) is 6.47. The Labute approximate surface area is 158 Å². The lowest BCUT2D eigenvalue weighted by atomic mass is 10.1. The molecule has 0 fully saturated rings. The van der Waals surface area contributed by atoms with Gasteiger partial charge in [0.05, 0.1) is 11.9 Å². The second-order valence-corrected chi connectivity index (χ2v) is 8.37. The zero-order chi connectivity index (χ0) is 19.6. The van der Waals surface area contributed by atoms with Crippen LogP contribution < -0.4 is 19.1 Å². The molecule has 1 amide bonds. The number of nitrogens with one attached hydrogen (secondary N) is 1. The Balaban J connectivity index is 1.79. The largest absolute Gasteiger partial charge is 0.486 e. The zero-order valence-electron chi connectivity index (χ0n) is 15.5. The number of carbonyl (C=O) groups is 1. The smallest absolute Gasteiger partial charge is 0.245 e. The van der Waals surface area contributed by atoms with E-state index < -0.39 is 15.9 Å². The van der Waals surface area contributed by atoms with E-state index in [1.165, 1.54) is 0 Å². The zero-order valence-corrected chi connectivity index (χ0v) is 16.3. The van der Waals surface area contributed by atoms with E-state index in [0.29, 0.717) is 36.1 Å². The van der Waals surface area contributed by atoms with E-state index in [4.69, 9.17) is 9.47 Å². The van der Waals surface area contributed by atoms with Gasteiger partial charge in [-0.25, -0.2) is 8.42 Å². The highest BCUT2D eigenvalue weighted by molar-refractivity contribution is 7.92. The van der Waals surface area contributed by atoms with Crippen LogP contribution in [0.2, 0.25) is 0 Å². The van der Waals surface area contributed by atoms with Gasteiger partial charge in [0.2, 0.25) is 15.9 Å². The summed E-state index contributed by atoms with van der Waals surface area (Å²) in [5.74, 6) is 0.720. The summed E-state index contributed by atoms with van der Waals surface area (Å²) >= 11 is 0. The van der Waals surface area contributed by atoms with E-state index in [0.717, 1.165) is 21.7 Å². The minimum absolute atomic E-state index is 0.322. The number of fused-ring (bicyclic) bond motifs is 1. The third-order valence-corrected chi connectivity index (χ3v) is 5.26. The molecule has 1 aliphatic heterocycles. The standard InChI is InChI=1S/C19H22N2O5S/c1-13-4-6-16(14(2)10-13)21(27(3,23)24)12-19(22)20-15-5-7-17-18(11-15)26-9-8-25-17/h4-7,10-11H,8-9,12H2,1-3H3,(H,20,22). The van der Waals surface area contributed by atoms with Crippen molar-refractivity contribution in [2.45, 2.75) is 13.8 Å². The molecule has 0 saturated heterocycles. The molecule has 8 heteroatoms. The molecule has 3 rings (SSSR count). The van der Waals surface area contributed by atoms with Crippen molar-refractivity contribution < 1.29 is 22.7 Å². The molecule has 1 N–H and O–H groups in total. The molecule has 1 aliphatic rings. The van der Waals surface area contributed by atoms with Crippen molar-refractivity contribution >= 4 is 27.3 Å². The van der Waals surface area contributed by atoms with Crippen molar-refractivity contribution in [1.29, 1.82) is 0 Å². The third kappa shape index (κ3) is 4.51. The molecule has 0 bridgehead atoms. The van der Waals surface area contributed by atoms with Crippen molar-refractivity contribution in [2.75, 3.05) is 35.6 Å². The number of amides is 1. The average Bonchev–Trinajstić information content (AvgIpc) is 2.59. The summed E-state index contributed by atoms with van der Waals surface area (Å²) in [7, 11) is -3.63. The van der Waals surface area contributed by atoms with Gasteiger partial charge in [-0.2, -0.15) is 0 Å². The van der Waals surface area contributed by atoms with Gasteiger partial charge in [-0.1, -0.05) is 17.7 Å². The number of hydrogen-bond donors (Lipinski definition) is 1. The number of sulfonamides is 1. The number of ether oxygens (including phenoxy) is 2. The Morgan fingerprint density at radius 1 is 1.07 bits per heavy atom. The van der Waals surface area contributed by atoms with Crippen LogP contribution in [0.4, 0.5) is 11.4 Å². The van der Waals surface area contributed by atoms with Crippen molar-refractivity contribution in [2.24, 2.45) is 0 Å². The molecule has 0 atom stereocenters. The first kappa shape index (κ1) is 19.0. The van der Waals surface area contributed by atoms with Crippen LogP contribution in [0.25, 0.3) is 0 Å². The molecular formula is C19H22N2O5S. The minimum Gasteiger partial charge on any atom is -0.486 e. The van der Waals surface area contributed by atoms with Gasteiger partial charge in [0, 0.05) is 11.8 Å². The van der Waals surface area contributed by atoms with Gasteiger partial charge in [-0.05, 0) is 37.6 Å². The molecule has 0 aromatic heterocycles. The number of nitrogens with zero attached hydrogens (tertiary/aromatic N) is 1. The molecule has 144 valence electrons. The minimum atomic E-state index is -3.63. The maximum atomic E-state index is 12.5. The van der Waals surface area contributed by atoms with Crippen LogP contribution in [0, 0.1) is 13.8 Å². The maximum Gasteiger partial charge on any atom is 0.245 e. The molecule has 0 unspecified atom stereocenters. The first-order chi connectivity index (χ1) is 12.7. The summed E-state index contributed by atoms with van der Waals surface area (Å²) in [5, 5.41) is 2.71. The highest BCUT2D eigenvalue weighted by Crippen LogP contribution is 2.32. The highest BCUT2D eigenvalue weighted by atomic mass is 32.2. The number of hydrogen-bond acceptors (Lipinski definition) is 5. The van der Waals surface area contributed by atoms with Crippen molar-refractivity contribution in [3.63, 3.8) is 0 Å². The second kappa shape index (κ2) is 7.48. The fraction of sp³-hybridized carbons (Fsp3) is 0.316. The first-order valence-corrected chi connectivity index (χ1v) is 10.3. The quantitative estimate of drug-likeness (QED) is 0.848. The lowest BCUT2D eigenvalue weighted by Gasteiger charge is -2.24. The van der Waals surface area contributed by atoms with Gasteiger partial charge in [0.15, 0.2) is 11.5 Å². The molecule has 27 heavy (non-hydrogen) atoms. The van der Waals surface area contributed by atoms with E-state index in [2.05, 4.69) is 5.32 Å². The average molecular weight is 390 g/mol. The molecule has 1 heterocycles. The molecule has 0 radical (unpaired) electrons. The fourth-order valence-electron chi connectivity index (χ4n) is 2.92. The van der Waals surface area contributed by atoms with Crippen LogP contribution in [-0.4, -0.2) is 40.3 Å². The lowest BCUT2D eigenvalue weighted by molar-refractivity contribution is -0.114. The van der Waals surface area contributed by atoms with E-state index in [1.807, 2.05) is 26.0 Å². The monoisotopic (exact) mass is 390 g/mol. The predicted octanol–water partition coefficient (Wildman–Crippen LogP) is 2.48. The lowest BCUT2D eigenvalue weighted by Crippen LogP contribution is -2.37. The van der Waals surface area contributed by atoms with Gasteiger partial charge >= 0.3 is 0 Å². The number of aryl methyl sites for hydroxylation is 2. The molecule has 0 aliphatic carbocycles. The summed E-state index contributed by atoms with van der Waals surface area (Å²) < 4.78 is 36.6. The van der Waals surface area contributed by atoms with Gasteiger partial charge in [0.25, 0.3) is 0 Å². The molecular weight excluding hydrogens is 368 g/mol. The first-order valence-electron chi connectivity index (χ1n) is 8.48. The van der Waals surface area contributed by atoms with Gasteiger partial charge in [0.1, 0.15) is 19.8 Å². The summed E-state index contributed by atoms with van der Waals surface area (Å²) in [6.45, 7) is 4.35. The molecule has 0 spiro atoms. The van der Waals surface area contributed by atoms with Gasteiger partial charge in [-0.3, -0.25) is 9.10 Å². The van der Waals surface area contributed by atoms with Crippen LogP contribution >= 0.6 is 0 Å². The van der Waals surface area contributed by atoms with E-state index in [-0.39, 0.29) is 6.54 Å². The summed E-state index contributed by atoms with van der Waals surface area (Å²) in [6, 6.07) is 10.5. The van der Waals surface area contributed by atoms with Crippen molar-refractivity contribution in [3.8, 4) is 11.5 Å². The van der Waals surface area contributed by atoms with Crippen molar-refractivity contribution in [1.82, 2.24) is 0 Å². The molecule has 0 saturated carbocycles. The van der Waals surface area contributed by atoms with Gasteiger partial charge < -0.3 is 14.8 Å². The summed E-state index contributed by atoms with van der Waals surface area (Å²) in [6.07, 6.45) is 1.09. The van der Waals surface area contributed by atoms with E-state index in [9.17, 15) is 13.2 Å². The Hall–Kier alpha value is -2.74. The number of carbonyl (C=O) groups excluding carboxylic acids is 1. The SMILES string of the molecule is Cc1ccc(N(CC(=O)Nc2ccc3c(c2)OCCO3)S(C)(=O)=O)c(C)c1. The molecule has 7 nitrogen and oxygen atoms in total. The summed E-state index contributed by atoms with van der Waals surface area (Å²) in [4.78, 5) is 12.5. The predicted molar refractivity (Wildman–Crippen MR) is 104 cm³/mol. The van der Waals surface area contributed by atoms with Crippen LogP contribution in [0.3, 0.4) is 0 Å². The Bertz CT molecular complexity index is 972. The van der Waals surface area contributed by atoms with Crippen LogP contribution in [0.15, 0.2) is 36.4 Å². The van der Waals surface area contributed by atoms with Crippen LogP contribution in [-0.2, 0) is 14.8 Å². The third-order valence-electron chi connectivity index (χ3n) is 4.13. The van der Waals surface area contributed by atoms with Crippen LogP contribution in [0.1, 0.15) is 11.1 Å². The Morgan fingerprint density at radius 2 is 1.78 bits per heavy atom. The van der Waals surface area contributed by atoms with Crippen LogP contribution in [0.5, 0.6) is 11.5 Å². The van der Waals surface area contributed by atoms with Crippen molar-refractivity contribution in [3.05, 3.63) is 47.5 Å². The normalized spacial score (nSPS) is 13.1.